The Kier molecular flexibility index (Phi) is 4.85. The van der Waals surface area contributed by atoms with Crippen LogP contribution in [0.25, 0.3) is 11.1 Å². The molecule has 0 radical (unpaired) electrons. The van der Waals surface area contributed by atoms with Crippen LogP contribution >= 0.6 is 0 Å². The van der Waals surface area contributed by atoms with Gasteiger partial charge >= 0.3 is 0 Å². The molecule has 3 rings (SSSR count). The molecule has 1 aliphatic carbocycles. The van der Waals surface area contributed by atoms with Crippen molar-refractivity contribution in [3.63, 3.8) is 0 Å². The quantitative estimate of drug-likeness (QED) is 0.656. The number of nitrogens with one attached hydrogen (secondary N) is 1. The third-order valence-corrected chi connectivity index (χ3v) is 8.08. The Bertz CT molecular complexity index is 724. The van der Waals surface area contributed by atoms with Crippen molar-refractivity contribution in [1.29, 1.82) is 0 Å². The molecule has 0 fully saturated rings. The first kappa shape index (κ1) is 17.9. The standard InChI is InChI=1S/C23H29NSi/c1-23(2,3)24-25(4,5)20-16-21(18-12-8-6-9-13-18)22(17-20)19-14-10-7-11-15-19/h6-17,20,24H,1-5H3. The Morgan fingerprint density at radius 2 is 1.12 bits per heavy atom. The average Bonchev–Trinajstić information content (AvgIpc) is 3.00. The maximum absolute atomic E-state index is 3.93. The van der Waals surface area contributed by atoms with Crippen molar-refractivity contribution in [2.24, 2.45) is 0 Å². The Morgan fingerprint density at radius 1 is 0.720 bits per heavy atom. The van der Waals surface area contributed by atoms with Crippen LogP contribution in [0.15, 0.2) is 72.8 Å². The Hall–Kier alpha value is -1.90. The molecule has 0 amide bonds. The SMILES string of the molecule is CC(C)(C)N[Si](C)(C)C1C=C(c2ccccc2)C(c2ccccc2)=C1. The second-order valence-electron chi connectivity index (χ2n) is 8.52. The summed E-state index contributed by atoms with van der Waals surface area (Å²) in [5.74, 6) is 0. The summed E-state index contributed by atoms with van der Waals surface area (Å²) in [7, 11) is -1.66. The largest absolute Gasteiger partial charge is 0.332 e. The number of hydrogen-bond acceptors (Lipinski definition) is 1. The van der Waals surface area contributed by atoms with E-state index in [4.69, 9.17) is 0 Å². The lowest BCUT2D eigenvalue weighted by molar-refractivity contribution is 0.510. The fourth-order valence-electron chi connectivity index (χ4n) is 3.79. The number of benzene rings is 2. The van der Waals surface area contributed by atoms with Crippen molar-refractivity contribution >= 4 is 19.4 Å². The third kappa shape index (κ3) is 4.20. The molecule has 0 bridgehead atoms. The molecule has 1 aliphatic rings. The first-order chi connectivity index (χ1) is 11.8. The van der Waals surface area contributed by atoms with Gasteiger partial charge in [0, 0.05) is 11.1 Å². The van der Waals surface area contributed by atoms with Crippen molar-refractivity contribution in [1.82, 2.24) is 4.98 Å². The second kappa shape index (κ2) is 6.78. The summed E-state index contributed by atoms with van der Waals surface area (Å²) in [6.07, 6.45) is 4.98. The highest BCUT2D eigenvalue weighted by atomic mass is 28.3. The van der Waals surface area contributed by atoms with Crippen LogP contribution in [0.2, 0.25) is 18.6 Å². The summed E-state index contributed by atoms with van der Waals surface area (Å²) >= 11 is 0. The molecule has 0 atom stereocenters. The highest BCUT2D eigenvalue weighted by Crippen LogP contribution is 2.43. The highest BCUT2D eigenvalue weighted by molar-refractivity contribution is 6.78. The maximum atomic E-state index is 3.93. The Balaban J connectivity index is 2.04. The average molecular weight is 348 g/mol. The van der Waals surface area contributed by atoms with Crippen molar-refractivity contribution in [3.05, 3.63) is 83.9 Å². The zero-order valence-electron chi connectivity index (χ0n) is 16.0. The number of rotatable bonds is 4. The van der Waals surface area contributed by atoms with Gasteiger partial charge in [-0.05, 0) is 43.0 Å². The van der Waals surface area contributed by atoms with Crippen LogP contribution in [0.4, 0.5) is 0 Å². The Labute approximate surface area is 153 Å². The van der Waals surface area contributed by atoms with E-state index in [1.165, 1.54) is 22.3 Å². The normalized spacial score (nSPS) is 15.9. The Morgan fingerprint density at radius 3 is 1.48 bits per heavy atom. The van der Waals surface area contributed by atoms with E-state index in [2.05, 4.69) is 112 Å². The van der Waals surface area contributed by atoms with Crippen molar-refractivity contribution in [2.75, 3.05) is 0 Å². The lowest BCUT2D eigenvalue weighted by Crippen LogP contribution is -2.56. The monoisotopic (exact) mass is 347 g/mol. The van der Waals surface area contributed by atoms with E-state index in [9.17, 15) is 0 Å². The van der Waals surface area contributed by atoms with Gasteiger partial charge in [0.1, 0.15) is 8.24 Å². The van der Waals surface area contributed by atoms with E-state index in [-0.39, 0.29) is 5.54 Å². The van der Waals surface area contributed by atoms with Gasteiger partial charge in [-0.3, -0.25) is 0 Å². The van der Waals surface area contributed by atoms with E-state index in [0.717, 1.165) is 0 Å². The smallest absolute Gasteiger partial charge is 0.130 e. The summed E-state index contributed by atoms with van der Waals surface area (Å²) in [6, 6.07) is 21.6. The molecule has 1 nitrogen and oxygen atoms in total. The van der Waals surface area contributed by atoms with Crippen molar-refractivity contribution in [3.8, 4) is 0 Å². The molecule has 2 aromatic rings. The van der Waals surface area contributed by atoms with Gasteiger partial charge in [-0.2, -0.15) is 0 Å². The van der Waals surface area contributed by atoms with Crippen LogP contribution in [0.5, 0.6) is 0 Å². The molecular formula is C23H29NSi. The summed E-state index contributed by atoms with van der Waals surface area (Å²) in [5.41, 5.74) is 5.97. The van der Waals surface area contributed by atoms with Gasteiger partial charge in [-0.15, -0.1) is 0 Å². The number of hydrogen-bond donors (Lipinski definition) is 1. The van der Waals surface area contributed by atoms with Crippen LogP contribution in [-0.4, -0.2) is 13.8 Å². The molecule has 25 heavy (non-hydrogen) atoms. The van der Waals surface area contributed by atoms with Crippen LogP contribution < -0.4 is 4.98 Å². The van der Waals surface area contributed by atoms with Gasteiger partial charge in [-0.1, -0.05) is 85.9 Å². The van der Waals surface area contributed by atoms with E-state index in [0.29, 0.717) is 5.54 Å². The van der Waals surface area contributed by atoms with E-state index in [1.807, 2.05) is 0 Å². The highest BCUT2D eigenvalue weighted by Gasteiger charge is 2.36. The fourth-order valence-corrected chi connectivity index (χ4v) is 7.06. The van der Waals surface area contributed by atoms with Gasteiger partial charge in [0.25, 0.3) is 0 Å². The maximum Gasteiger partial charge on any atom is 0.130 e. The van der Waals surface area contributed by atoms with Crippen LogP contribution in [0, 0.1) is 0 Å². The molecule has 0 aliphatic heterocycles. The molecular weight excluding hydrogens is 318 g/mol. The van der Waals surface area contributed by atoms with Gasteiger partial charge < -0.3 is 4.98 Å². The third-order valence-electron chi connectivity index (χ3n) is 4.68. The summed E-state index contributed by atoms with van der Waals surface area (Å²) in [5, 5.41) is 0. The molecule has 2 heteroatoms. The summed E-state index contributed by atoms with van der Waals surface area (Å²) in [6.45, 7) is 11.7. The molecule has 0 unspecified atom stereocenters. The molecule has 0 spiro atoms. The minimum atomic E-state index is -1.66. The number of allylic oxidation sites excluding steroid dienone is 4. The van der Waals surface area contributed by atoms with Crippen LogP contribution in [0.1, 0.15) is 31.9 Å². The van der Waals surface area contributed by atoms with E-state index >= 15 is 0 Å². The zero-order chi connectivity index (χ0) is 18.1. The van der Waals surface area contributed by atoms with Crippen molar-refractivity contribution < 1.29 is 0 Å². The second-order valence-corrected chi connectivity index (χ2v) is 12.9. The van der Waals surface area contributed by atoms with Crippen LogP contribution in [-0.2, 0) is 0 Å². The predicted octanol–water partition coefficient (Wildman–Crippen LogP) is 6.13. The zero-order valence-corrected chi connectivity index (χ0v) is 17.0. The van der Waals surface area contributed by atoms with Crippen LogP contribution in [0.3, 0.4) is 0 Å². The minimum absolute atomic E-state index is 0.139. The van der Waals surface area contributed by atoms with Gasteiger partial charge in [-0.25, -0.2) is 0 Å². The molecule has 1 N–H and O–H groups in total. The first-order valence-electron chi connectivity index (χ1n) is 9.10. The molecule has 0 saturated carbocycles. The lowest BCUT2D eigenvalue weighted by Gasteiger charge is -2.36. The lowest BCUT2D eigenvalue weighted by atomic mass is 9.95. The summed E-state index contributed by atoms with van der Waals surface area (Å²) < 4.78 is 0. The first-order valence-corrected chi connectivity index (χ1v) is 12.2. The summed E-state index contributed by atoms with van der Waals surface area (Å²) in [4.78, 5) is 3.93. The molecule has 130 valence electrons. The van der Waals surface area contributed by atoms with E-state index < -0.39 is 8.24 Å². The molecule has 0 heterocycles. The van der Waals surface area contributed by atoms with Gasteiger partial charge in [0.15, 0.2) is 0 Å². The van der Waals surface area contributed by atoms with E-state index in [1.54, 1.807) is 0 Å². The molecule has 2 aromatic carbocycles. The van der Waals surface area contributed by atoms with Crippen molar-refractivity contribution in [2.45, 2.75) is 44.9 Å². The minimum Gasteiger partial charge on any atom is -0.332 e. The van der Waals surface area contributed by atoms with Gasteiger partial charge in [0.2, 0.25) is 0 Å². The molecule has 0 aromatic heterocycles. The topological polar surface area (TPSA) is 12.0 Å². The fraction of sp³-hybridized carbons (Fsp3) is 0.304. The van der Waals surface area contributed by atoms with Gasteiger partial charge in [0.05, 0.1) is 0 Å². The predicted molar refractivity (Wildman–Crippen MR) is 113 cm³/mol. The molecule has 0 saturated heterocycles.